The maximum atomic E-state index is 14.0. The maximum absolute atomic E-state index is 14.0. The van der Waals surface area contributed by atoms with Crippen molar-refractivity contribution in [2.45, 2.75) is 50.5 Å². The van der Waals surface area contributed by atoms with Gasteiger partial charge in [0.1, 0.15) is 5.70 Å². The molecule has 0 aromatic heterocycles. The predicted molar refractivity (Wildman–Crippen MR) is 125 cm³/mol. The van der Waals surface area contributed by atoms with Gasteiger partial charge >= 0.3 is 12.1 Å². The molecule has 5 rings (SSSR count). The first-order chi connectivity index (χ1) is 17.1. The molecule has 192 valence electrons. The van der Waals surface area contributed by atoms with Crippen LogP contribution in [0.4, 0.5) is 18.9 Å². The second kappa shape index (κ2) is 8.72. The molecular formula is C25H24F3NO6S. The lowest BCUT2D eigenvalue weighted by molar-refractivity contribution is -0.137. The molecule has 0 radical (unpaired) electrons. The van der Waals surface area contributed by atoms with Crippen molar-refractivity contribution >= 4 is 27.3 Å². The summed E-state index contributed by atoms with van der Waals surface area (Å²) >= 11 is 0. The van der Waals surface area contributed by atoms with Gasteiger partial charge in [-0.2, -0.15) is 13.2 Å². The number of anilines is 1. The van der Waals surface area contributed by atoms with Crippen molar-refractivity contribution in [2.75, 3.05) is 11.1 Å². The molecule has 1 saturated carbocycles. The first-order valence-electron chi connectivity index (χ1n) is 11.7. The van der Waals surface area contributed by atoms with E-state index in [-0.39, 0.29) is 18.8 Å². The molecule has 2 aliphatic heterocycles. The van der Waals surface area contributed by atoms with Crippen LogP contribution in [-0.2, 0) is 27.4 Å². The summed E-state index contributed by atoms with van der Waals surface area (Å²) in [5.41, 5.74) is -1.28. The number of alkyl halides is 3. The van der Waals surface area contributed by atoms with Crippen molar-refractivity contribution in [3.05, 3.63) is 58.8 Å². The summed E-state index contributed by atoms with van der Waals surface area (Å²) in [7, 11) is -4.48. The number of aliphatic carboxylic acids is 1. The minimum Gasteiger partial charge on any atom is -0.477 e. The van der Waals surface area contributed by atoms with Crippen molar-refractivity contribution in [3.63, 3.8) is 0 Å². The zero-order valence-electron chi connectivity index (χ0n) is 19.3. The fourth-order valence-electron chi connectivity index (χ4n) is 5.53. The molecule has 11 heteroatoms. The molecular weight excluding hydrogens is 499 g/mol. The van der Waals surface area contributed by atoms with Gasteiger partial charge in [-0.05, 0) is 60.2 Å². The number of para-hydroxylation sites is 1. The number of fused-ring (bicyclic) bond motifs is 2. The molecule has 3 aliphatic rings. The summed E-state index contributed by atoms with van der Waals surface area (Å²) in [6.07, 6.45) is -2.49. The Hall–Kier alpha value is -3.21. The fraction of sp³-hybridized carbons (Fsp3) is 0.400. The Morgan fingerprint density at radius 1 is 1.14 bits per heavy atom. The molecule has 1 aliphatic carbocycles. The molecule has 2 aromatic carbocycles. The number of carboxylic acids is 1. The second-order valence-electron chi connectivity index (χ2n) is 9.04. The van der Waals surface area contributed by atoms with Gasteiger partial charge in [0.2, 0.25) is 16.8 Å². The third-order valence-corrected chi connectivity index (χ3v) is 9.26. The molecule has 1 fully saturated rings. The fourth-order valence-corrected chi connectivity index (χ4v) is 7.82. The molecule has 0 bridgehead atoms. The normalized spacial score (nSPS) is 22.9. The lowest BCUT2D eigenvalue weighted by Crippen LogP contribution is -2.50. The smallest absolute Gasteiger partial charge is 0.418 e. The highest BCUT2D eigenvalue weighted by Crippen LogP contribution is 2.51. The van der Waals surface area contributed by atoms with E-state index in [2.05, 4.69) is 0 Å². The number of nitrogens with zero attached hydrogens (tertiary/aromatic N) is 1. The summed E-state index contributed by atoms with van der Waals surface area (Å²) in [5, 5.41) is 9.28. The van der Waals surface area contributed by atoms with E-state index in [9.17, 15) is 31.5 Å². The van der Waals surface area contributed by atoms with Crippen molar-refractivity contribution in [1.29, 1.82) is 0 Å². The molecule has 0 saturated heterocycles. The highest BCUT2D eigenvalue weighted by molar-refractivity contribution is 7.93. The van der Waals surface area contributed by atoms with Crippen molar-refractivity contribution in [2.24, 2.45) is 5.92 Å². The van der Waals surface area contributed by atoms with E-state index in [1.54, 1.807) is 12.1 Å². The number of halogens is 3. The largest absolute Gasteiger partial charge is 0.477 e. The topological polar surface area (TPSA) is 93.1 Å². The third-order valence-electron chi connectivity index (χ3n) is 7.04. The van der Waals surface area contributed by atoms with Crippen LogP contribution in [0, 0.1) is 5.92 Å². The summed E-state index contributed by atoms with van der Waals surface area (Å²) in [6, 6.07) is 7.49. The molecule has 2 unspecified atom stereocenters. The van der Waals surface area contributed by atoms with E-state index in [1.165, 1.54) is 6.07 Å². The minimum absolute atomic E-state index is 0.0118. The van der Waals surface area contributed by atoms with E-state index < -0.39 is 50.3 Å². The van der Waals surface area contributed by atoms with Gasteiger partial charge in [-0.15, -0.1) is 0 Å². The Kier molecular flexibility index (Phi) is 5.93. The van der Waals surface area contributed by atoms with Gasteiger partial charge in [-0.25, -0.2) is 17.5 Å². The number of hydrogen-bond acceptors (Lipinski definition) is 5. The van der Waals surface area contributed by atoms with E-state index >= 15 is 0 Å². The average molecular weight is 524 g/mol. The Balaban J connectivity index is 1.86. The lowest BCUT2D eigenvalue weighted by Gasteiger charge is -2.43. The van der Waals surface area contributed by atoms with Gasteiger partial charge in [0.15, 0.2) is 11.5 Å². The van der Waals surface area contributed by atoms with Gasteiger partial charge in [0.25, 0.3) is 0 Å². The van der Waals surface area contributed by atoms with Crippen molar-refractivity contribution in [3.8, 4) is 11.5 Å². The molecule has 2 atom stereocenters. The zero-order valence-corrected chi connectivity index (χ0v) is 20.2. The van der Waals surface area contributed by atoms with Crippen LogP contribution < -0.4 is 13.8 Å². The summed E-state index contributed by atoms with van der Waals surface area (Å²) in [6.45, 7) is 1.87. The summed E-state index contributed by atoms with van der Waals surface area (Å²) in [5.74, 6) is -1.38. The van der Waals surface area contributed by atoms with Crippen LogP contribution in [0.1, 0.15) is 49.3 Å². The van der Waals surface area contributed by atoms with Crippen LogP contribution >= 0.6 is 0 Å². The Bertz CT molecular complexity index is 1370. The molecule has 1 N–H and O–H groups in total. The van der Waals surface area contributed by atoms with Crippen LogP contribution in [0.2, 0.25) is 0 Å². The van der Waals surface area contributed by atoms with Crippen LogP contribution in [0.25, 0.3) is 5.57 Å². The lowest BCUT2D eigenvalue weighted by atomic mass is 9.78. The molecule has 36 heavy (non-hydrogen) atoms. The van der Waals surface area contributed by atoms with Gasteiger partial charge in [0.05, 0.1) is 16.5 Å². The Labute approximate surface area is 206 Å². The van der Waals surface area contributed by atoms with Crippen LogP contribution in [0.15, 0.2) is 42.1 Å². The molecule has 0 spiro atoms. The highest BCUT2D eigenvalue weighted by atomic mass is 32.2. The quantitative estimate of drug-likeness (QED) is 0.592. The molecule has 2 aromatic rings. The first-order valence-corrected chi connectivity index (χ1v) is 13.2. The Morgan fingerprint density at radius 2 is 1.86 bits per heavy atom. The van der Waals surface area contributed by atoms with Crippen LogP contribution in [0.5, 0.6) is 11.5 Å². The third kappa shape index (κ3) is 3.80. The van der Waals surface area contributed by atoms with E-state index in [0.29, 0.717) is 47.1 Å². The summed E-state index contributed by atoms with van der Waals surface area (Å²) < 4.78 is 81.1. The van der Waals surface area contributed by atoms with E-state index in [1.807, 2.05) is 6.92 Å². The van der Waals surface area contributed by atoms with Crippen LogP contribution in [0.3, 0.4) is 0 Å². The number of benzene rings is 2. The minimum atomic E-state index is -4.90. The molecule has 7 nitrogen and oxygen atoms in total. The second-order valence-corrected chi connectivity index (χ2v) is 11.0. The number of carbonyl (C=O) groups is 1. The maximum Gasteiger partial charge on any atom is 0.418 e. The number of hydrogen-bond donors (Lipinski definition) is 1. The highest BCUT2D eigenvalue weighted by Gasteiger charge is 2.52. The molecule has 2 heterocycles. The average Bonchev–Trinajstić information content (AvgIpc) is 3.31. The number of rotatable bonds is 4. The van der Waals surface area contributed by atoms with Gasteiger partial charge in [-0.3, -0.25) is 0 Å². The van der Waals surface area contributed by atoms with Gasteiger partial charge in [-0.1, -0.05) is 31.9 Å². The van der Waals surface area contributed by atoms with Crippen LogP contribution in [-0.4, -0.2) is 31.5 Å². The number of carboxylic acid groups (broad SMARTS) is 1. The number of ether oxygens (including phenoxy) is 2. The standard InChI is InChI=1S/C25H24F3NO6S/c1-2-14-11-15(12-19-23(14)35-13-34-19)21-16-7-3-6-10-20(16)36(32,33)29(22(21)24(30)31)18-9-5-4-8-17(18)25(26,27)28/h4-5,8-9,11-12,16,20H,2-3,6-7,10,13H2,1H3,(H,30,31). The first kappa shape index (κ1) is 24.5. The van der Waals surface area contributed by atoms with Gasteiger partial charge < -0.3 is 14.6 Å². The monoisotopic (exact) mass is 523 g/mol. The number of allylic oxidation sites excluding steroid dienone is 1. The van der Waals surface area contributed by atoms with Gasteiger partial charge in [0, 0.05) is 5.92 Å². The number of aryl methyl sites for hydroxylation is 1. The molecule has 0 amide bonds. The van der Waals surface area contributed by atoms with E-state index in [4.69, 9.17) is 9.47 Å². The SMILES string of the molecule is CCc1cc(C2=C(C(=O)O)N(c3ccccc3C(F)(F)F)S(=O)(=O)C3CCCCC23)cc2c1OCO2. The summed E-state index contributed by atoms with van der Waals surface area (Å²) in [4.78, 5) is 12.7. The van der Waals surface area contributed by atoms with Crippen molar-refractivity contribution < 1.29 is 41.0 Å². The number of sulfonamides is 1. The zero-order chi connectivity index (χ0) is 25.8. The van der Waals surface area contributed by atoms with Crippen molar-refractivity contribution in [1.82, 2.24) is 0 Å². The Morgan fingerprint density at radius 3 is 2.56 bits per heavy atom. The predicted octanol–water partition coefficient (Wildman–Crippen LogP) is 5.20. The van der Waals surface area contributed by atoms with E-state index in [0.717, 1.165) is 23.8 Å².